The molecule has 1 N–H and O–H groups in total. The third-order valence-corrected chi connectivity index (χ3v) is 5.28. The van der Waals surface area contributed by atoms with Crippen LogP contribution in [-0.4, -0.2) is 19.3 Å². The molecule has 0 saturated carbocycles. The number of rotatable bonds is 9. The zero-order valence-electron chi connectivity index (χ0n) is 14.7. The number of hydrogen-bond acceptors (Lipinski definition) is 5. The van der Waals surface area contributed by atoms with Gasteiger partial charge in [-0.15, -0.1) is 0 Å². The largest absolute Gasteiger partial charge is 0.507 e. The van der Waals surface area contributed by atoms with Crippen molar-refractivity contribution in [3.05, 3.63) is 33.7 Å². The van der Waals surface area contributed by atoms with Crippen molar-refractivity contribution in [1.29, 1.82) is 10.5 Å². The van der Waals surface area contributed by atoms with Crippen molar-refractivity contribution in [2.24, 2.45) is 0 Å². The maximum Gasteiger partial charge on any atom is 0.201 e. The summed E-state index contributed by atoms with van der Waals surface area (Å²) >= 11 is 0. The third-order valence-electron chi connectivity index (χ3n) is 3.89. The molecule has 0 unspecified atom stereocenters. The van der Waals surface area contributed by atoms with Crippen LogP contribution in [0.1, 0.15) is 56.2 Å². The topological polar surface area (TPSA) is 102 Å². The minimum absolute atomic E-state index is 0.262. The van der Waals surface area contributed by atoms with Gasteiger partial charge in [-0.3, -0.25) is 0 Å². The Labute approximate surface area is 150 Å². The van der Waals surface area contributed by atoms with Gasteiger partial charge in [0, 0.05) is 0 Å². The molecule has 0 bridgehead atoms. The monoisotopic (exact) mass is 360 g/mol. The smallest absolute Gasteiger partial charge is 0.201 e. The van der Waals surface area contributed by atoms with Crippen LogP contribution in [0.15, 0.2) is 17.0 Å². The van der Waals surface area contributed by atoms with Gasteiger partial charge in [0.2, 0.25) is 9.84 Å². The second kappa shape index (κ2) is 9.86. The van der Waals surface area contributed by atoms with Crippen LogP contribution in [0, 0.1) is 22.7 Å². The number of unbranched alkanes of at least 4 members (excludes halogenated alkanes) is 2. The van der Waals surface area contributed by atoms with E-state index in [4.69, 9.17) is 10.5 Å². The fraction of sp³-hybridized carbons (Fsp3) is 0.474. The molecule has 0 atom stereocenters. The molecule has 25 heavy (non-hydrogen) atoms. The van der Waals surface area contributed by atoms with Crippen molar-refractivity contribution in [2.45, 2.75) is 52.4 Å². The van der Waals surface area contributed by atoms with Gasteiger partial charge >= 0.3 is 0 Å². The molecular formula is C19H24N2O3S. The van der Waals surface area contributed by atoms with E-state index in [9.17, 15) is 13.5 Å². The summed E-state index contributed by atoms with van der Waals surface area (Å²) in [5, 5.41) is 28.3. The second-order valence-corrected chi connectivity index (χ2v) is 7.89. The molecule has 0 fully saturated rings. The fourth-order valence-corrected chi connectivity index (χ4v) is 3.27. The Hall–Kier alpha value is -2.31. The highest BCUT2D eigenvalue weighted by Crippen LogP contribution is 2.29. The van der Waals surface area contributed by atoms with Gasteiger partial charge in [-0.25, -0.2) is 8.42 Å². The van der Waals surface area contributed by atoms with E-state index in [1.54, 1.807) is 24.3 Å². The summed E-state index contributed by atoms with van der Waals surface area (Å²) in [7, 11) is -3.91. The van der Waals surface area contributed by atoms with E-state index in [2.05, 4.69) is 13.8 Å². The number of sulfone groups is 1. The molecule has 6 heteroatoms. The number of phenols is 1. The van der Waals surface area contributed by atoms with Crippen LogP contribution in [-0.2, 0) is 22.7 Å². The number of phenolic OH excluding ortho intramolecular Hbond substituents is 1. The number of allylic oxidation sites excluding steroid dienone is 1. The van der Waals surface area contributed by atoms with Crippen LogP contribution < -0.4 is 0 Å². The molecule has 1 aromatic rings. The van der Waals surface area contributed by atoms with Gasteiger partial charge in [0.05, 0.1) is 6.07 Å². The van der Waals surface area contributed by atoms with E-state index < -0.39 is 20.5 Å². The molecule has 0 aromatic heterocycles. The van der Waals surface area contributed by atoms with E-state index >= 15 is 0 Å². The molecule has 0 saturated heterocycles. The first kappa shape index (κ1) is 20.7. The van der Waals surface area contributed by atoms with E-state index in [0.29, 0.717) is 18.4 Å². The molecule has 0 amide bonds. The summed E-state index contributed by atoms with van der Waals surface area (Å²) in [5.74, 6) is -0.465. The van der Waals surface area contributed by atoms with Gasteiger partial charge in [0.25, 0.3) is 0 Å². The fourth-order valence-electron chi connectivity index (χ4n) is 2.49. The third kappa shape index (κ3) is 5.92. The van der Waals surface area contributed by atoms with Gasteiger partial charge in [0.1, 0.15) is 22.5 Å². The zero-order valence-corrected chi connectivity index (χ0v) is 15.6. The average molecular weight is 360 g/mol. The van der Waals surface area contributed by atoms with Gasteiger partial charge in [-0.1, -0.05) is 26.7 Å². The van der Waals surface area contributed by atoms with Crippen LogP contribution in [0.25, 0.3) is 6.08 Å². The summed E-state index contributed by atoms with van der Waals surface area (Å²) in [5.41, 5.74) is 2.08. The van der Waals surface area contributed by atoms with Gasteiger partial charge in [-0.2, -0.15) is 10.5 Å². The lowest BCUT2D eigenvalue weighted by molar-refractivity contribution is 0.458. The quantitative estimate of drug-likeness (QED) is 0.673. The number of aromatic hydroxyl groups is 1. The van der Waals surface area contributed by atoms with Crippen molar-refractivity contribution in [1.82, 2.24) is 0 Å². The molecule has 134 valence electrons. The van der Waals surface area contributed by atoms with E-state index in [-0.39, 0.29) is 5.75 Å². The Morgan fingerprint density at radius 3 is 2.04 bits per heavy atom. The van der Waals surface area contributed by atoms with Gasteiger partial charge in [-0.05, 0) is 60.6 Å². The average Bonchev–Trinajstić information content (AvgIpc) is 2.58. The predicted octanol–water partition coefficient (Wildman–Crippen LogP) is 3.88. The number of hydrogen-bond donors (Lipinski definition) is 1. The molecule has 0 heterocycles. The maximum atomic E-state index is 12.0. The normalized spacial score (nSPS) is 11.8. The maximum absolute atomic E-state index is 12.0. The Kier molecular flexibility index (Phi) is 8.18. The Morgan fingerprint density at radius 1 is 1.12 bits per heavy atom. The Balaban J connectivity index is 3.40. The summed E-state index contributed by atoms with van der Waals surface area (Å²) in [6.07, 6.45) is 6.44. The minimum atomic E-state index is -3.91. The standard InChI is InChI=1S/C19H24N2O3S/c1-3-5-7-16-11-15(12-17(19(16)22)8-6-4-2)13-18(14-21)25(23,24)10-9-20/h11-13,22H,3-8,10H2,1-2H3/b18-13+. The van der Waals surface area contributed by atoms with E-state index in [1.807, 2.05) is 0 Å². The van der Waals surface area contributed by atoms with Crippen LogP contribution in [0.4, 0.5) is 0 Å². The second-order valence-electron chi connectivity index (χ2n) is 5.93. The van der Waals surface area contributed by atoms with Crippen LogP contribution in [0.5, 0.6) is 5.75 Å². The van der Waals surface area contributed by atoms with Crippen LogP contribution in [0.2, 0.25) is 0 Å². The SMILES string of the molecule is CCCCc1cc(/C=C(\C#N)S(=O)(=O)CC#N)cc(CCCC)c1O. The number of aryl methyl sites for hydroxylation is 2. The molecule has 0 radical (unpaired) electrons. The molecule has 1 aromatic carbocycles. The van der Waals surface area contributed by atoms with E-state index in [1.165, 1.54) is 6.08 Å². The molecule has 0 aliphatic heterocycles. The first-order chi connectivity index (χ1) is 11.9. The number of nitrogens with zero attached hydrogens (tertiary/aromatic N) is 2. The first-order valence-corrected chi connectivity index (χ1v) is 10.1. The molecule has 0 spiro atoms. The lowest BCUT2D eigenvalue weighted by Gasteiger charge is -2.12. The van der Waals surface area contributed by atoms with Gasteiger partial charge in [0.15, 0.2) is 0 Å². The summed E-state index contributed by atoms with van der Waals surface area (Å²) in [6.45, 7) is 4.11. The lowest BCUT2D eigenvalue weighted by atomic mass is 9.97. The Morgan fingerprint density at radius 2 is 1.64 bits per heavy atom. The summed E-state index contributed by atoms with van der Waals surface area (Å²) in [4.78, 5) is -0.428. The van der Waals surface area contributed by atoms with Crippen molar-refractivity contribution < 1.29 is 13.5 Å². The minimum Gasteiger partial charge on any atom is -0.507 e. The zero-order chi connectivity index (χ0) is 18.9. The first-order valence-electron chi connectivity index (χ1n) is 8.45. The molecule has 5 nitrogen and oxygen atoms in total. The molecular weight excluding hydrogens is 336 g/mol. The van der Waals surface area contributed by atoms with Crippen molar-refractivity contribution in [2.75, 3.05) is 5.75 Å². The van der Waals surface area contributed by atoms with Crippen molar-refractivity contribution >= 4 is 15.9 Å². The summed E-state index contributed by atoms with van der Waals surface area (Å²) < 4.78 is 24.0. The number of nitriles is 2. The molecule has 1 rings (SSSR count). The van der Waals surface area contributed by atoms with Crippen molar-refractivity contribution in [3.63, 3.8) is 0 Å². The Bertz CT molecular complexity index is 783. The highest BCUT2D eigenvalue weighted by Gasteiger charge is 2.18. The van der Waals surface area contributed by atoms with E-state index in [0.717, 1.165) is 36.8 Å². The van der Waals surface area contributed by atoms with Gasteiger partial charge < -0.3 is 5.11 Å². The highest BCUT2D eigenvalue weighted by atomic mass is 32.2. The predicted molar refractivity (Wildman–Crippen MR) is 98.3 cm³/mol. The van der Waals surface area contributed by atoms with Crippen LogP contribution >= 0.6 is 0 Å². The lowest BCUT2D eigenvalue weighted by Crippen LogP contribution is -2.06. The molecule has 0 aliphatic rings. The van der Waals surface area contributed by atoms with Crippen molar-refractivity contribution in [3.8, 4) is 17.9 Å². The molecule has 0 aliphatic carbocycles. The summed E-state index contributed by atoms with van der Waals surface area (Å²) in [6, 6.07) is 6.70. The van der Waals surface area contributed by atoms with Crippen LogP contribution in [0.3, 0.4) is 0 Å². The highest BCUT2D eigenvalue weighted by molar-refractivity contribution is 7.95. The number of benzene rings is 1.